The topological polar surface area (TPSA) is 64.3 Å². The number of hydrogen-bond donors (Lipinski definition) is 2. The number of carbonyl (C=O) groups excluding carboxylic acids is 1. The molecule has 0 aromatic heterocycles. The molecule has 1 unspecified atom stereocenters. The van der Waals surface area contributed by atoms with Crippen LogP contribution in [0.2, 0.25) is 0 Å². The molecule has 1 aromatic carbocycles. The lowest BCUT2D eigenvalue weighted by atomic mass is 10.0. The van der Waals surface area contributed by atoms with Crippen molar-refractivity contribution in [2.24, 2.45) is 5.73 Å². The summed E-state index contributed by atoms with van der Waals surface area (Å²) in [6.07, 6.45) is 0. The number of carbonyl (C=O) groups is 1. The molecule has 3 N–H and O–H groups in total. The summed E-state index contributed by atoms with van der Waals surface area (Å²) in [6, 6.07) is 3.97. The van der Waals surface area contributed by atoms with Gasteiger partial charge in [-0.05, 0) is 26.3 Å². The molecule has 0 saturated heterocycles. The Hall–Kier alpha value is -1.55. The second-order valence-corrected chi connectivity index (χ2v) is 4.20. The van der Waals surface area contributed by atoms with E-state index in [2.05, 4.69) is 11.4 Å². The highest BCUT2D eigenvalue weighted by molar-refractivity contribution is 5.78. The molecule has 17 heavy (non-hydrogen) atoms. The second kappa shape index (κ2) is 5.68. The van der Waals surface area contributed by atoms with E-state index in [1.807, 2.05) is 26.8 Å². The summed E-state index contributed by atoms with van der Waals surface area (Å²) in [4.78, 5) is 11.3. The number of nitrogens with one attached hydrogen (secondary N) is 1. The van der Waals surface area contributed by atoms with Gasteiger partial charge in [-0.2, -0.15) is 0 Å². The summed E-state index contributed by atoms with van der Waals surface area (Å²) in [5, 5.41) is 2.83. The average Bonchev–Trinajstić information content (AvgIpc) is 2.27. The minimum Gasteiger partial charge on any atom is -0.496 e. The van der Waals surface area contributed by atoms with Gasteiger partial charge in [0.15, 0.2) is 0 Å². The smallest absolute Gasteiger partial charge is 0.234 e. The summed E-state index contributed by atoms with van der Waals surface area (Å²) < 4.78 is 5.38. The predicted molar refractivity (Wildman–Crippen MR) is 68.1 cm³/mol. The Morgan fingerprint density at radius 2 is 2.12 bits per heavy atom. The summed E-state index contributed by atoms with van der Waals surface area (Å²) in [7, 11) is 1.64. The van der Waals surface area contributed by atoms with Crippen LogP contribution >= 0.6 is 0 Å². The fourth-order valence-electron chi connectivity index (χ4n) is 1.97. The molecule has 94 valence electrons. The van der Waals surface area contributed by atoms with Gasteiger partial charge in [0.1, 0.15) is 5.75 Å². The molecule has 0 fully saturated rings. The number of aryl methyl sites for hydroxylation is 2. The maximum Gasteiger partial charge on any atom is 0.234 e. The van der Waals surface area contributed by atoms with Crippen LogP contribution in [0.5, 0.6) is 5.75 Å². The van der Waals surface area contributed by atoms with Gasteiger partial charge < -0.3 is 15.8 Å². The van der Waals surface area contributed by atoms with Crippen LogP contribution in [0.15, 0.2) is 12.1 Å². The van der Waals surface area contributed by atoms with Crippen LogP contribution in [0.3, 0.4) is 0 Å². The van der Waals surface area contributed by atoms with Crippen molar-refractivity contribution in [2.75, 3.05) is 13.7 Å². The normalized spacial score (nSPS) is 12.1. The van der Waals surface area contributed by atoms with Crippen molar-refractivity contribution in [3.63, 3.8) is 0 Å². The molecule has 0 saturated carbocycles. The molecule has 4 nitrogen and oxygen atoms in total. The van der Waals surface area contributed by atoms with Gasteiger partial charge in [0.2, 0.25) is 5.91 Å². The molecular weight excluding hydrogens is 216 g/mol. The van der Waals surface area contributed by atoms with Gasteiger partial charge in [0, 0.05) is 5.56 Å². The van der Waals surface area contributed by atoms with Crippen LogP contribution < -0.4 is 15.8 Å². The van der Waals surface area contributed by atoms with Gasteiger partial charge in [0.25, 0.3) is 0 Å². The van der Waals surface area contributed by atoms with Crippen molar-refractivity contribution < 1.29 is 9.53 Å². The number of amides is 1. The quantitative estimate of drug-likeness (QED) is 0.831. The molecule has 0 spiro atoms. The molecule has 1 amide bonds. The Morgan fingerprint density at radius 3 is 2.65 bits per heavy atom. The minimum absolute atomic E-state index is 0.00253. The molecule has 4 heteroatoms. The highest BCUT2D eigenvalue weighted by atomic mass is 16.5. The summed E-state index contributed by atoms with van der Waals surface area (Å²) in [5.74, 6) is 0.652. The maximum atomic E-state index is 11.3. The first-order valence-corrected chi connectivity index (χ1v) is 5.64. The molecule has 0 bridgehead atoms. The molecule has 1 rings (SSSR count). The first kappa shape index (κ1) is 13.5. The molecule has 1 atom stereocenters. The van der Waals surface area contributed by atoms with Crippen LogP contribution in [-0.2, 0) is 4.79 Å². The Bertz CT molecular complexity index is 416. The maximum absolute atomic E-state index is 11.3. The minimum atomic E-state index is -0.168. The van der Waals surface area contributed by atoms with E-state index in [0.717, 1.165) is 22.4 Å². The van der Waals surface area contributed by atoms with Crippen LogP contribution in [0.1, 0.15) is 29.7 Å². The lowest BCUT2D eigenvalue weighted by Gasteiger charge is -2.19. The third kappa shape index (κ3) is 3.20. The van der Waals surface area contributed by atoms with Crippen molar-refractivity contribution in [2.45, 2.75) is 26.8 Å². The number of rotatable bonds is 4. The number of benzene rings is 1. The lowest BCUT2D eigenvalue weighted by molar-refractivity contribution is -0.120. The highest BCUT2D eigenvalue weighted by Gasteiger charge is 2.15. The van der Waals surface area contributed by atoms with Gasteiger partial charge in [-0.25, -0.2) is 0 Å². The van der Waals surface area contributed by atoms with Gasteiger partial charge >= 0.3 is 0 Å². The van der Waals surface area contributed by atoms with Gasteiger partial charge in [0.05, 0.1) is 19.7 Å². The second-order valence-electron chi connectivity index (χ2n) is 4.20. The fraction of sp³-hybridized carbons (Fsp3) is 0.462. The number of ether oxygens (including phenoxy) is 1. The monoisotopic (exact) mass is 236 g/mol. The molecule has 0 aliphatic heterocycles. The Kier molecular flexibility index (Phi) is 4.52. The zero-order valence-electron chi connectivity index (χ0n) is 10.8. The average molecular weight is 236 g/mol. The zero-order chi connectivity index (χ0) is 13.0. The van der Waals surface area contributed by atoms with E-state index in [9.17, 15) is 4.79 Å². The number of methoxy groups -OCH3 is 1. The SMILES string of the molecule is COc1c(C)cc(C)cc1C(C)NC(=O)CN. The van der Waals surface area contributed by atoms with Crippen molar-refractivity contribution in [3.05, 3.63) is 28.8 Å². The molecule has 1 aromatic rings. The third-order valence-electron chi connectivity index (χ3n) is 2.68. The molecule has 0 aliphatic rings. The largest absolute Gasteiger partial charge is 0.496 e. The van der Waals surface area contributed by atoms with Crippen LogP contribution in [-0.4, -0.2) is 19.6 Å². The fourth-order valence-corrected chi connectivity index (χ4v) is 1.97. The Balaban J connectivity index is 3.07. The molecule has 0 heterocycles. The van der Waals surface area contributed by atoms with E-state index in [1.165, 1.54) is 0 Å². The first-order valence-electron chi connectivity index (χ1n) is 5.64. The molecule has 0 radical (unpaired) electrons. The summed E-state index contributed by atoms with van der Waals surface area (Å²) >= 11 is 0. The van der Waals surface area contributed by atoms with Crippen LogP contribution in [0, 0.1) is 13.8 Å². The van der Waals surface area contributed by atoms with E-state index >= 15 is 0 Å². The number of hydrogen-bond acceptors (Lipinski definition) is 3. The van der Waals surface area contributed by atoms with Gasteiger partial charge in [-0.15, -0.1) is 0 Å². The van der Waals surface area contributed by atoms with E-state index in [0.29, 0.717) is 0 Å². The van der Waals surface area contributed by atoms with Crippen molar-refractivity contribution in [1.82, 2.24) is 5.32 Å². The Labute approximate surface area is 102 Å². The van der Waals surface area contributed by atoms with Crippen molar-refractivity contribution in [3.8, 4) is 5.75 Å². The highest BCUT2D eigenvalue weighted by Crippen LogP contribution is 2.29. The standard InChI is InChI=1S/C13H20N2O2/c1-8-5-9(2)13(17-4)11(6-8)10(3)15-12(16)7-14/h5-6,10H,7,14H2,1-4H3,(H,15,16). The van der Waals surface area contributed by atoms with Gasteiger partial charge in [-0.1, -0.05) is 17.7 Å². The number of nitrogens with two attached hydrogens (primary N) is 1. The van der Waals surface area contributed by atoms with Crippen molar-refractivity contribution >= 4 is 5.91 Å². The lowest BCUT2D eigenvalue weighted by Crippen LogP contribution is -2.32. The summed E-state index contributed by atoms with van der Waals surface area (Å²) in [6.45, 7) is 5.93. The third-order valence-corrected chi connectivity index (χ3v) is 2.68. The predicted octanol–water partition coefficient (Wildman–Crippen LogP) is 1.45. The Morgan fingerprint density at radius 1 is 1.47 bits per heavy atom. The van der Waals surface area contributed by atoms with Gasteiger partial charge in [-0.3, -0.25) is 4.79 Å². The first-order chi connectivity index (χ1) is 7.99. The summed E-state index contributed by atoms with van der Waals surface area (Å²) in [5.41, 5.74) is 8.48. The van der Waals surface area contributed by atoms with E-state index in [-0.39, 0.29) is 18.5 Å². The van der Waals surface area contributed by atoms with E-state index in [4.69, 9.17) is 10.5 Å². The molecular formula is C13H20N2O2. The van der Waals surface area contributed by atoms with E-state index < -0.39 is 0 Å². The van der Waals surface area contributed by atoms with Crippen LogP contribution in [0.25, 0.3) is 0 Å². The molecule has 0 aliphatic carbocycles. The van der Waals surface area contributed by atoms with E-state index in [1.54, 1.807) is 7.11 Å². The van der Waals surface area contributed by atoms with Crippen molar-refractivity contribution in [1.29, 1.82) is 0 Å². The zero-order valence-corrected chi connectivity index (χ0v) is 10.8. The van der Waals surface area contributed by atoms with Crippen LogP contribution in [0.4, 0.5) is 0 Å².